The summed E-state index contributed by atoms with van der Waals surface area (Å²) in [5.74, 6) is 0.741. The van der Waals surface area contributed by atoms with Crippen molar-refractivity contribution in [2.24, 2.45) is 15.9 Å². The van der Waals surface area contributed by atoms with Gasteiger partial charge in [0, 0.05) is 58.8 Å². The minimum Gasteiger partial charge on any atom is -0.454 e. The maximum atomic E-state index is 6.92. The van der Waals surface area contributed by atoms with Crippen LogP contribution in [0.3, 0.4) is 0 Å². The number of thiophene rings is 1. The molecule has 298 valence electrons. The number of aliphatic imine (C=N–C) groups is 2. The molecular formula is C58H39N3OS. The van der Waals surface area contributed by atoms with Gasteiger partial charge >= 0.3 is 0 Å². The van der Waals surface area contributed by atoms with Crippen molar-refractivity contribution in [2.75, 3.05) is 0 Å². The number of rotatable bonds is 6. The van der Waals surface area contributed by atoms with Crippen LogP contribution in [0.15, 0.2) is 209 Å². The maximum Gasteiger partial charge on any atom is 0.159 e. The molecule has 1 aliphatic rings. The van der Waals surface area contributed by atoms with Gasteiger partial charge in [0.25, 0.3) is 0 Å². The zero-order chi connectivity index (χ0) is 41.6. The Labute approximate surface area is 367 Å². The summed E-state index contributed by atoms with van der Waals surface area (Å²) in [7, 11) is 0. The van der Waals surface area contributed by atoms with Crippen LogP contribution in [0.25, 0.3) is 91.5 Å². The van der Waals surface area contributed by atoms with Gasteiger partial charge in [0.05, 0.1) is 28.5 Å². The van der Waals surface area contributed by atoms with Crippen LogP contribution in [0.5, 0.6) is 0 Å². The molecule has 9 aromatic carbocycles. The molecule has 3 aromatic heterocycles. The number of aromatic nitrogens is 1. The van der Waals surface area contributed by atoms with Crippen molar-refractivity contribution in [1.82, 2.24) is 4.57 Å². The summed E-state index contributed by atoms with van der Waals surface area (Å²) >= 11 is 1.86. The van der Waals surface area contributed by atoms with Crippen molar-refractivity contribution >= 4 is 97.6 Å². The Bertz CT molecular complexity index is 3870. The lowest BCUT2D eigenvalue weighted by Gasteiger charge is -2.30. The molecule has 0 saturated heterocycles. The van der Waals surface area contributed by atoms with Crippen LogP contribution in [0.1, 0.15) is 36.1 Å². The normalized spacial score (nSPS) is 15.6. The predicted octanol–water partition coefficient (Wildman–Crippen LogP) is 15.9. The number of hydrogen-bond donors (Lipinski definition) is 0. The number of furan rings is 1. The molecule has 5 heteroatoms. The van der Waals surface area contributed by atoms with E-state index in [2.05, 4.69) is 206 Å². The molecule has 12 aromatic rings. The summed E-state index contributed by atoms with van der Waals surface area (Å²) in [6.07, 6.45) is 0.854. The molecule has 0 N–H and O–H groups in total. The molecule has 13 rings (SSSR count). The molecule has 63 heavy (non-hydrogen) atoms. The topological polar surface area (TPSA) is 42.8 Å². The summed E-state index contributed by atoms with van der Waals surface area (Å²) in [6, 6.07) is 69.8. The van der Waals surface area contributed by atoms with Crippen molar-refractivity contribution in [2.45, 2.75) is 19.4 Å². The molecule has 1 unspecified atom stereocenters. The van der Waals surface area contributed by atoms with Crippen LogP contribution in [-0.2, 0) is 0 Å². The summed E-state index contributed by atoms with van der Waals surface area (Å²) in [5.41, 5.74) is 11.7. The monoisotopic (exact) mass is 825 g/mol. The highest BCUT2D eigenvalue weighted by molar-refractivity contribution is 7.26. The minimum atomic E-state index is -0.242. The Hall–Kier alpha value is -7.60. The Morgan fingerprint density at radius 2 is 1.24 bits per heavy atom. The highest BCUT2D eigenvalue weighted by Crippen LogP contribution is 2.45. The van der Waals surface area contributed by atoms with E-state index in [1.54, 1.807) is 0 Å². The van der Waals surface area contributed by atoms with Crippen molar-refractivity contribution in [3.63, 3.8) is 0 Å². The third-order valence-corrected chi connectivity index (χ3v) is 14.4. The van der Waals surface area contributed by atoms with Gasteiger partial charge in [-0.25, -0.2) is 4.99 Å². The minimum absolute atomic E-state index is 0.00701. The van der Waals surface area contributed by atoms with Gasteiger partial charge < -0.3 is 8.98 Å². The highest BCUT2D eigenvalue weighted by atomic mass is 32.1. The third kappa shape index (κ3) is 5.66. The number of para-hydroxylation sites is 2. The van der Waals surface area contributed by atoms with E-state index in [-0.39, 0.29) is 12.0 Å². The van der Waals surface area contributed by atoms with E-state index < -0.39 is 0 Å². The van der Waals surface area contributed by atoms with Crippen LogP contribution < -0.4 is 0 Å². The maximum absolute atomic E-state index is 6.92. The molecule has 0 aliphatic carbocycles. The van der Waals surface area contributed by atoms with Crippen LogP contribution in [0, 0.1) is 5.92 Å². The van der Waals surface area contributed by atoms with Gasteiger partial charge in [0.2, 0.25) is 0 Å². The first-order valence-electron chi connectivity index (χ1n) is 21.8. The van der Waals surface area contributed by atoms with E-state index >= 15 is 0 Å². The van der Waals surface area contributed by atoms with E-state index in [1.807, 2.05) is 11.3 Å². The molecule has 0 spiro atoms. The van der Waals surface area contributed by atoms with Crippen LogP contribution in [0.4, 0.5) is 0 Å². The zero-order valence-corrected chi connectivity index (χ0v) is 35.3. The van der Waals surface area contributed by atoms with Crippen molar-refractivity contribution < 1.29 is 4.42 Å². The molecule has 0 bridgehead atoms. The lowest BCUT2D eigenvalue weighted by atomic mass is 9.82. The number of nitrogens with zero attached hydrogens (tertiary/aromatic N) is 3. The molecule has 0 fully saturated rings. The van der Waals surface area contributed by atoms with E-state index in [0.717, 1.165) is 73.3 Å². The Morgan fingerprint density at radius 3 is 2.11 bits per heavy atom. The Kier molecular flexibility index (Phi) is 8.15. The fraction of sp³-hybridized carbons (Fsp3) is 0.0690. The smallest absolute Gasteiger partial charge is 0.159 e. The molecule has 1 aliphatic heterocycles. The Morgan fingerprint density at radius 1 is 0.540 bits per heavy atom. The molecule has 0 radical (unpaired) electrons. The Balaban J connectivity index is 1.10. The molecule has 0 saturated carbocycles. The second-order valence-corrected chi connectivity index (χ2v) is 17.8. The summed E-state index contributed by atoms with van der Waals surface area (Å²) in [6.45, 7) is 2.29. The second kappa shape index (κ2) is 14.2. The van der Waals surface area contributed by atoms with Crippen LogP contribution in [0.2, 0.25) is 0 Å². The van der Waals surface area contributed by atoms with E-state index in [1.165, 1.54) is 52.8 Å². The van der Waals surface area contributed by atoms with Gasteiger partial charge in [-0.1, -0.05) is 153 Å². The number of benzene rings is 9. The SMILES string of the molecule is CC[C@@H]1C(c2cccc3c2sc2ccccc23)=NC(c2cccc(-c3ccccc3)c2)=NC1c1cc(-n2c3ccccc3c3cc4ccccc4cc32)c2oc3ccccc3c2c1. The van der Waals surface area contributed by atoms with E-state index in [4.69, 9.17) is 14.4 Å². The number of hydrogen-bond acceptors (Lipinski definition) is 4. The predicted molar refractivity (Wildman–Crippen MR) is 266 cm³/mol. The van der Waals surface area contributed by atoms with Gasteiger partial charge in [-0.3, -0.25) is 4.99 Å². The average Bonchev–Trinajstić information content (AvgIpc) is 4.02. The zero-order valence-electron chi connectivity index (χ0n) is 34.5. The van der Waals surface area contributed by atoms with Gasteiger partial charge in [-0.2, -0.15) is 0 Å². The highest BCUT2D eigenvalue weighted by Gasteiger charge is 2.34. The van der Waals surface area contributed by atoms with E-state index in [0.29, 0.717) is 0 Å². The van der Waals surface area contributed by atoms with Crippen LogP contribution in [-0.4, -0.2) is 16.1 Å². The molecule has 0 amide bonds. The van der Waals surface area contributed by atoms with E-state index in [9.17, 15) is 0 Å². The molecule has 4 heterocycles. The summed E-state index contributed by atoms with van der Waals surface area (Å²) < 4.78 is 11.9. The lowest BCUT2D eigenvalue weighted by Crippen LogP contribution is -2.28. The fourth-order valence-electron chi connectivity index (χ4n) is 10.2. The molecule has 2 atom stereocenters. The van der Waals surface area contributed by atoms with Gasteiger partial charge in [0.15, 0.2) is 11.4 Å². The molecular weight excluding hydrogens is 787 g/mol. The average molecular weight is 826 g/mol. The second-order valence-electron chi connectivity index (χ2n) is 16.7. The summed E-state index contributed by atoms with van der Waals surface area (Å²) in [5, 5.41) is 9.58. The first kappa shape index (κ1) is 36.1. The standard InChI is InChI=1S/C58H39N3OS/c1-2-41-54(59-58(39-21-14-20-36(30-39)35-16-4-3-5-17-35)60-55(41)46-26-15-25-45-44-24-10-13-29-53(44)63-57(45)46)40-32-48-43-23-9-12-28-52(43)62-56(48)51(34-40)61-49-27-11-8-22-42(49)47-31-37-18-6-7-19-38(37)33-50(47)61/h3-34,41,54H,2H2,1H3/t41-,54?/m0/s1. The van der Waals surface area contributed by atoms with Crippen molar-refractivity contribution in [3.8, 4) is 16.8 Å². The van der Waals surface area contributed by atoms with Gasteiger partial charge in [-0.15, -0.1) is 11.3 Å². The molecule has 4 nitrogen and oxygen atoms in total. The lowest BCUT2D eigenvalue weighted by molar-refractivity contribution is 0.533. The van der Waals surface area contributed by atoms with Gasteiger partial charge in [0.1, 0.15) is 5.58 Å². The van der Waals surface area contributed by atoms with Gasteiger partial charge in [-0.05, 0) is 82.4 Å². The third-order valence-electron chi connectivity index (χ3n) is 13.2. The first-order valence-corrected chi connectivity index (χ1v) is 22.6. The fourth-order valence-corrected chi connectivity index (χ4v) is 11.4. The largest absolute Gasteiger partial charge is 0.454 e. The number of amidine groups is 1. The van der Waals surface area contributed by atoms with Crippen molar-refractivity contribution in [1.29, 1.82) is 0 Å². The summed E-state index contributed by atoms with van der Waals surface area (Å²) in [4.78, 5) is 11.4. The number of fused-ring (bicyclic) bond motifs is 10. The first-order chi connectivity index (χ1) is 31.2. The van der Waals surface area contributed by atoms with Crippen LogP contribution >= 0.6 is 11.3 Å². The quantitative estimate of drug-likeness (QED) is 0.165. The van der Waals surface area contributed by atoms with Crippen molar-refractivity contribution in [3.05, 3.63) is 211 Å².